The average Bonchev–Trinajstić information content (AvgIpc) is 2.97. The van der Waals surface area contributed by atoms with E-state index in [9.17, 15) is 13.8 Å². The van der Waals surface area contributed by atoms with Gasteiger partial charge in [0.05, 0.1) is 18.4 Å². The molecular weight excluding hydrogens is 560 g/mol. The van der Waals surface area contributed by atoms with Crippen molar-refractivity contribution in [3.8, 4) is 5.75 Å². The molecule has 0 radical (unpaired) electrons. The zero-order valence-electron chi connectivity index (χ0n) is 24.1. The Bertz CT molecular complexity index is 1340. The van der Waals surface area contributed by atoms with Gasteiger partial charge in [-0.3, -0.25) is 9.00 Å². The van der Waals surface area contributed by atoms with E-state index < -0.39 is 16.5 Å². The normalized spacial score (nSPS) is 27.4. The number of fused-ring (bicyclic) bond motifs is 2. The Morgan fingerprint density at radius 3 is 2.78 bits per heavy atom. The predicted molar refractivity (Wildman–Crippen MR) is 166 cm³/mol. The molecule has 2 aliphatic rings. The van der Waals surface area contributed by atoms with E-state index in [2.05, 4.69) is 29.2 Å². The lowest BCUT2D eigenvalue weighted by molar-refractivity contribution is -0.113. The number of benzene rings is 2. The standard InChI is InChI=1S/C32H41ClN2O5S/c1-22-7-6-9-30(40-16-14-36)24(3)23(2)19-35-20-27-10-12-28(33)17-25(27)8-4-5-15-39-31-13-11-26(18-29(31)35)32(37)34-41(38)21-22/h6,9-14,17-18,22-24,30,41H,4-5,7-8,15-16,19-21H2,1-3H3/b9-6+/t22-,23-,24+,30-/m0/s1. The van der Waals surface area contributed by atoms with Crippen LogP contribution in [0.15, 0.2) is 52.9 Å². The van der Waals surface area contributed by atoms with E-state index in [1.165, 1.54) is 11.1 Å². The first-order valence-electron chi connectivity index (χ1n) is 14.5. The van der Waals surface area contributed by atoms with Gasteiger partial charge in [-0.25, -0.2) is 0 Å². The summed E-state index contributed by atoms with van der Waals surface area (Å²) in [5.41, 5.74) is 3.56. The summed E-state index contributed by atoms with van der Waals surface area (Å²) >= 11 is 6.39. The highest BCUT2D eigenvalue weighted by Gasteiger charge is 2.27. The molecule has 2 aromatic carbocycles. The second kappa shape index (κ2) is 15.0. The lowest BCUT2D eigenvalue weighted by Crippen LogP contribution is -2.35. The highest BCUT2D eigenvalue weighted by atomic mass is 35.5. The molecule has 0 spiro atoms. The van der Waals surface area contributed by atoms with Gasteiger partial charge < -0.3 is 19.2 Å². The molecule has 0 saturated heterocycles. The van der Waals surface area contributed by atoms with Crippen LogP contribution in [0.1, 0.15) is 61.5 Å². The van der Waals surface area contributed by atoms with E-state index in [1.54, 1.807) is 6.07 Å². The lowest BCUT2D eigenvalue weighted by Gasteiger charge is -2.34. The van der Waals surface area contributed by atoms with Gasteiger partial charge in [-0.2, -0.15) is 4.36 Å². The molecule has 4 rings (SSSR count). The van der Waals surface area contributed by atoms with Crippen molar-refractivity contribution in [2.75, 3.05) is 30.4 Å². The van der Waals surface area contributed by atoms with Crippen molar-refractivity contribution in [3.05, 3.63) is 70.3 Å². The van der Waals surface area contributed by atoms with Crippen LogP contribution < -0.4 is 9.64 Å². The molecule has 0 aromatic heterocycles. The molecule has 222 valence electrons. The molecule has 7 nitrogen and oxygen atoms in total. The van der Waals surface area contributed by atoms with Crippen molar-refractivity contribution in [1.29, 1.82) is 0 Å². The number of aryl methyl sites for hydroxylation is 1. The number of carbonyl (C=O) groups excluding carboxylic acids is 2. The molecule has 9 heteroatoms. The molecule has 0 saturated carbocycles. The Morgan fingerprint density at radius 1 is 1.15 bits per heavy atom. The SMILES string of the molecule is C[C@H]1C/C=C/[C@H](OCC=O)[C@H](C)[C@@H](C)CN2Cc3ccc(Cl)cc3CCCCOc3ccc(cc32)C(=O)/N=[SH](=O)\C1. The van der Waals surface area contributed by atoms with Crippen LogP contribution in [-0.4, -0.2) is 48.0 Å². The first-order valence-corrected chi connectivity index (χ1v) is 16.2. The molecule has 2 bridgehead atoms. The second-order valence-corrected chi connectivity index (χ2v) is 13.0. The van der Waals surface area contributed by atoms with Crippen molar-refractivity contribution >= 4 is 40.1 Å². The van der Waals surface area contributed by atoms with Gasteiger partial charge >= 0.3 is 0 Å². The largest absolute Gasteiger partial charge is 0.491 e. The Labute approximate surface area is 250 Å². The second-order valence-electron chi connectivity index (χ2n) is 11.3. The minimum atomic E-state index is -2.05. The summed E-state index contributed by atoms with van der Waals surface area (Å²) in [5.74, 6) is 0.840. The molecule has 41 heavy (non-hydrogen) atoms. The highest BCUT2D eigenvalue weighted by Crippen LogP contribution is 2.35. The number of aldehydes is 1. The minimum absolute atomic E-state index is 0.0202. The van der Waals surface area contributed by atoms with E-state index in [4.69, 9.17) is 21.1 Å². The molecule has 1 unspecified atom stereocenters. The van der Waals surface area contributed by atoms with Crippen LogP contribution in [0.25, 0.3) is 0 Å². The van der Waals surface area contributed by atoms with Gasteiger partial charge in [0.25, 0.3) is 5.91 Å². The van der Waals surface area contributed by atoms with Crippen molar-refractivity contribution in [2.45, 2.75) is 59.1 Å². The van der Waals surface area contributed by atoms with Crippen molar-refractivity contribution in [2.24, 2.45) is 22.1 Å². The third-order valence-corrected chi connectivity index (χ3v) is 9.56. The number of hydrogen-bond donors (Lipinski definition) is 1. The molecule has 0 aliphatic carbocycles. The number of allylic oxidation sites excluding steroid dienone is 1. The summed E-state index contributed by atoms with van der Waals surface area (Å²) in [6, 6.07) is 11.4. The van der Waals surface area contributed by atoms with Crippen LogP contribution in [0.5, 0.6) is 5.75 Å². The zero-order valence-corrected chi connectivity index (χ0v) is 25.8. The quantitative estimate of drug-likeness (QED) is 0.252. The van der Waals surface area contributed by atoms with Gasteiger partial charge in [0.15, 0.2) is 0 Å². The summed E-state index contributed by atoms with van der Waals surface area (Å²) < 4.78 is 29.1. The number of ether oxygens (including phenoxy) is 2. The van der Waals surface area contributed by atoms with Crippen LogP contribution in [0.4, 0.5) is 5.69 Å². The maximum absolute atomic E-state index is 13.2. The van der Waals surface area contributed by atoms with Gasteiger partial charge in [-0.15, -0.1) is 0 Å². The lowest BCUT2D eigenvalue weighted by atomic mass is 9.89. The Hall–Kier alpha value is -2.68. The van der Waals surface area contributed by atoms with Gasteiger partial charge in [-0.1, -0.05) is 50.6 Å². The Balaban J connectivity index is 1.83. The molecule has 2 aliphatic heterocycles. The van der Waals surface area contributed by atoms with E-state index in [0.29, 0.717) is 48.2 Å². The third-order valence-electron chi connectivity index (χ3n) is 7.99. The molecule has 0 N–H and O–H groups in total. The molecule has 5 atom stereocenters. The van der Waals surface area contributed by atoms with Gasteiger partial charge in [0, 0.05) is 40.0 Å². The predicted octanol–water partition coefficient (Wildman–Crippen LogP) is 6.32. The average molecular weight is 601 g/mol. The Morgan fingerprint density at radius 2 is 1.98 bits per heavy atom. The number of nitrogens with zero attached hydrogens (tertiary/aromatic N) is 2. The highest BCUT2D eigenvalue weighted by molar-refractivity contribution is 7.75. The number of hydrogen-bond acceptors (Lipinski definition) is 6. The van der Waals surface area contributed by atoms with E-state index >= 15 is 0 Å². The first kappa shape index (κ1) is 31.3. The zero-order chi connectivity index (χ0) is 29.4. The van der Waals surface area contributed by atoms with E-state index in [1.807, 2.05) is 43.3 Å². The van der Waals surface area contributed by atoms with Crippen LogP contribution in [-0.2, 0) is 33.1 Å². The van der Waals surface area contributed by atoms with Gasteiger partial charge in [0.2, 0.25) is 0 Å². The fraction of sp³-hybridized carbons (Fsp3) is 0.500. The Kier molecular flexibility index (Phi) is 11.4. The molecule has 2 heterocycles. The fourth-order valence-corrected chi connectivity index (χ4v) is 6.69. The topological polar surface area (TPSA) is 85.3 Å². The number of anilines is 1. The molecule has 2 aromatic rings. The van der Waals surface area contributed by atoms with Crippen LogP contribution in [0.2, 0.25) is 5.02 Å². The van der Waals surface area contributed by atoms with Crippen molar-refractivity contribution < 1.29 is 23.3 Å². The summed E-state index contributed by atoms with van der Waals surface area (Å²) in [7, 11) is -2.05. The summed E-state index contributed by atoms with van der Waals surface area (Å²) in [6.45, 7) is 8.13. The van der Waals surface area contributed by atoms with Crippen molar-refractivity contribution in [3.63, 3.8) is 0 Å². The van der Waals surface area contributed by atoms with Crippen molar-refractivity contribution in [1.82, 2.24) is 0 Å². The summed E-state index contributed by atoms with van der Waals surface area (Å²) in [5, 5.41) is 0.713. The molecule has 1 amide bonds. The third kappa shape index (κ3) is 8.66. The molecular formula is C32H41ClN2O5S. The van der Waals surface area contributed by atoms with Gasteiger partial charge in [-0.05, 0) is 84.9 Å². The maximum Gasteiger partial charge on any atom is 0.284 e. The maximum atomic E-state index is 13.2. The number of carbonyl (C=O) groups is 2. The number of rotatable bonds is 3. The number of halogens is 1. The summed E-state index contributed by atoms with van der Waals surface area (Å²) in [6.07, 6.45) is 8.00. The monoisotopic (exact) mass is 600 g/mol. The van der Waals surface area contributed by atoms with Crippen LogP contribution in [0.3, 0.4) is 0 Å². The van der Waals surface area contributed by atoms with E-state index in [-0.39, 0.29) is 30.5 Å². The molecule has 0 fully saturated rings. The number of thiol groups is 1. The summed E-state index contributed by atoms with van der Waals surface area (Å²) in [4.78, 5) is 26.6. The first-order chi connectivity index (χ1) is 19.7. The minimum Gasteiger partial charge on any atom is -0.491 e. The van der Waals surface area contributed by atoms with Crippen LogP contribution >= 0.6 is 11.6 Å². The van der Waals surface area contributed by atoms with Gasteiger partial charge in [0.1, 0.15) is 18.6 Å². The van der Waals surface area contributed by atoms with E-state index in [0.717, 1.165) is 31.2 Å². The fourth-order valence-electron chi connectivity index (χ4n) is 5.41. The number of amides is 1. The van der Waals surface area contributed by atoms with Crippen LogP contribution in [0, 0.1) is 17.8 Å². The smallest absolute Gasteiger partial charge is 0.284 e.